The third kappa shape index (κ3) is 13.6. The maximum atomic E-state index is 13.5. The summed E-state index contributed by atoms with van der Waals surface area (Å²) in [5.41, 5.74) is 2.11. The number of hydrogen-bond acceptors (Lipinski definition) is 11. The van der Waals surface area contributed by atoms with E-state index in [2.05, 4.69) is 32.9 Å². The molecule has 13 heteroatoms. The first kappa shape index (κ1) is 40.9. The molecule has 2 aromatic carbocycles. The third-order valence-electron chi connectivity index (χ3n) is 9.10. The van der Waals surface area contributed by atoms with Crippen LogP contribution in [-0.2, 0) is 19.0 Å². The van der Waals surface area contributed by atoms with Gasteiger partial charge in [-0.15, -0.1) is 0 Å². The van der Waals surface area contributed by atoms with Gasteiger partial charge in [-0.3, -0.25) is 20.6 Å². The van der Waals surface area contributed by atoms with Crippen LogP contribution < -0.4 is 20.7 Å². The minimum Gasteiger partial charge on any atom is -0.494 e. The maximum absolute atomic E-state index is 13.5. The molecule has 53 heavy (non-hydrogen) atoms. The van der Waals surface area contributed by atoms with Crippen molar-refractivity contribution in [3.63, 3.8) is 0 Å². The minimum absolute atomic E-state index is 0.0456. The van der Waals surface area contributed by atoms with Crippen LogP contribution in [0, 0.1) is 10.8 Å². The van der Waals surface area contributed by atoms with Crippen LogP contribution in [0.15, 0.2) is 73.1 Å². The normalized spacial score (nSPS) is 14.5. The molecular formula is C40H55N7O6. The summed E-state index contributed by atoms with van der Waals surface area (Å²) < 4.78 is 21.6. The Bertz CT molecular complexity index is 1610. The Hall–Kier alpha value is -4.85. The van der Waals surface area contributed by atoms with Crippen LogP contribution >= 0.6 is 0 Å². The van der Waals surface area contributed by atoms with Gasteiger partial charge in [-0.2, -0.15) is 0 Å². The van der Waals surface area contributed by atoms with Gasteiger partial charge >= 0.3 is 5.97 Å². The molecule has 5 N–H and O–H groups in total. The zero-order chi connectivity index (χ0) is 37.9. The van der Waals surface area contributed by atoms with Crippen molar-refractivity contribution in [2.75, 3.05) is 65.1 Å². The number of pyridine rings is 1. The lowest BCUT2D eigenvalue weighted by molar-refractivity contribution is -0.148. The number of piperidine rings is 1. The molecule has 1 unspecified atom stereocenters. The lowest BCUT2D eigenvalue weighted by atomic mass is 9.85. The smallest absolute Gasteiger partial charge is 0.332 e. The third-order valence-corrected chi connectivity index (χ3v) is 9.10. The molecule has 0 radical (unpaired) electrons. The molecule has 1 saturated heterocycles. The number of hydrogen-bond donors (Lipinski definition) is 5. The van der Waals surface area contributed by atoms with E-state index in [-0.39, 0.29) is 36.2 Å². The van der Waals surface area contributed by atoms with Gasteiger partial charge in [0.1, 0.15) is 24.0 Å². The van der Waals surface area contributed by atoms with Gasteiger partial charge in [0.25, 0.3) is 5.91 Å². The second-order valence-electron chi connectivity index (χ2n) is 13.2. The molecule has 1 aliphatic rings. The number of nitrogens with zero attached hydrogens (tertiary/aromatic N) is 2. The molecule has 0 aliphatic carbocycles. The van der Waals surface area contributed by atoms with E-state index >= 15 is 0 Å². The number of carbonyl (C=O) groups is 2. The Balaban J connectivity index is 1.21. The van der Waals surface area contributed by atoms with Crippen LogP contribution in [0.5, 0.6) is 5.75 Å². The van der Waals surface area contributed by atoms with Gasteiger partial charge in [0, 0.05) is 48.9 Å². The van der Waals surface area contributed by atoms with Crippen molar-refractivity contribution in [3.05, 3.63) is 89.7 Å². The number of unbranched alkanes of at least 4 members (excludes halogenated alkanes) is 3. The first-order chi connectivity index (χ1) is 25.7. The highest BCUT2D eigenvalue weighted by Crippen LogP contribution is 2.28. The van der Waals surface area contributed by atoms with Gasteiger partial charge in [0.15, 0.2) is 0 Å². The van der Waals surface area contributed by atoms with Crippen LogP contribution in [-0.4, -0.2) is 98.7 Å². The summed E-state index contributed by atoms with van der Waals surface area (Å²) in [4.78, 5) is 30.9. The van der Waals surface area contributed by atoms with Crippen molar-refractivity contribution in [2.45, 2.75) is 64.0 Å². The van der Waals surface area contributed by atoms with Gasteiger partial charge in [-0.1, -0.05) is 24.6 Å². The van der Waals surface area contributed by atoms with Crippen molar-refractivity contribution in [1.82, 2.24) is 20.5 Å². The second-order valence-corrected chi connectivity index (χ2v) is 13.2. The van der Waals surface area contributed by atoms with Crippen LogP contribution in [0.2, 0.25) is 0 Å². The summed E-state index contributed by atoms with van der Waals surface area (Å²) in [5, 5.41) is 27.3. The van der Waals surface area contributed by atoms with E-state index in [0.29, 0.717) is 57.0 Å². The molecule has 0 saturated carbocycles. The Morgan fingerprint density at radius 3 is 2.36 bits per heavy atom. The van der Waals surface area contributed by atoms with Crippen molar-refractivity contribution < 1.29 is 28.5 Å². The van der Waals surface area contributed by atoms with E-state index in [1.54, 1.807) is 37.5 Å². The Labute approximate surface area is 313 Å². The molecule has 1 aromatic heterocycles. The van der Waals surface area contributed by atoms with Gasteiger partial charge in [0.2, 0.25) is 0 Å². The largest absolute Gasteiger partial charge is 0.494 e. The number of esters is 1. The number of rotatable bonds is 21. The highest BCUT2D eigenvalue weighted by molar-refractivity contribution is 6.10. The average Bonchev–Trinajstić information content (AvgIpc) is 3.16. The van der Waals surface area contributed by atoms with E-state index in [4.69, 9.17) is 29.8 Å². The van der Waals surface area contributed by atoms with E-state index in [1.807, 2.05) is 49.4 Å². The summed E-state index contributed by atoms with van der Waals surface area (Å²) >= 11 is 0. The number of amidine groups is 2. The molecule has 1 atom stereocenters. The van der Waals surface area contributed by atoms with Crippen LogP contribution in [0.3, 0.4) is 0 Å². The lowest BCUT2D eigenvalue weighted by Crippen LogP contribution is -2.58. The van der Waals surface area contributed by atoms with Gasteiger partial charge in [-0.05, 0) is 101 Å². The number of anilines is 1. The first-order valence-electron chi connectivity index (χ1n) is 18.5. The number of carbonyl (C=O) groups excluding carboxylic acids is 2. The van der Waals surface area contributed by atoms with E-state index in [1.165, 1.54) is 0 Å². The molecule has 2 heterocycles. The monoisotopic (exact) mass is 729 g/mol. The summed E-state index contributed by atoms with van der Waals surface area (Å²) in [5.74, 6) is 0.556. The molecule has 286 valence electrons. The van der Waals surface area contributed by atoms with Crippen molar-refractivity contribution >= 4 is 29.2 Å². The Morgan fingerprint density at radius 2 is 1.60 bits per heavy atom. The van der Waals surface area contributed by atoms with Crippen LogP contribution in [0.25, 0.3) is 0 Å². The van der Waals surface area contributed by atoms with Crippen LogP contribution in [0.4, 0.5) is 5.69 Å². The molecule has 3 aromatic rings. The number of ether oxygens (including phenoxy) is 4. The number of aromatic nitrogens is 1. The molecule has 1 aliphatic heterocycles. The number of likely N-dealkylation sites (tertiary alicyclic amines) is 1. The average molecular weight is 730 g/mol. The van der Waals surface area contributed by atoms with Gasteiger partial charge < -0.3 is 39.8 Å². The first-order valence-corrected chi connectivity index (χ1v) is 18.5. The van der Waals surface area contributed by atoms with Gasteiger partial charge in [-0.25, -0.2) is 4.79 Å². The minimum atomic E-state index is -0.729. The summed E-state index contributed by atoms with van der Waals surface area (Å²) in [6, 6.07) is 18.4. The maximum Gasteiger partial charge on any atom is 0.332 e. The van der Waals surface area contributed by atoms with Crippen molar-refractivity contribution in [3.8, 4) is 5.75 Å². The van der Waals surface area contributed by atoms with E-state index in [9.17, 15) is 9.59 Å². The molecular weight excluding hydrogens is 674 g/mol. The molecule has 0 spiro atoms. The lowest BCUT2D eigenvalue weighted by Gasteiger charge is -2.42. The Kier molecular flexibility index (Phi) is 16.7. The zero-order valence-corrected chi connectivity index (χ0v) is 31.2. The predicted octanol–water partition coefficient (Wildman–Crippen LogP) is 5.58. The SMILES string of the molecule is CCOC(=O)COCCOCCCCCCOc1cccc(C(C)NC(=O)c2cccc(NC3(C(=N)NC(=N)c4ccncc4)CCN(C)CC3)c2)c1. The number of amides is 1. The molecule has 1 amide bonds. The fourth-order valence-electron chi connectivity index (χ4n) is 5.95. The molecule has 0 bridgehead atoms. The van der Waals surface area contributed by atoms with Gasteiger partial charge in [0.05, 0.1) is 38.0 Å². The fraction of sp³-hybridized carbons (Fsp3) is 0.475. The second kappa shape index (κ2) is 21.6. The number of nitrogens with one attached hydrogen (secondary N) is 5. The summed E-state index contributed by atoms with van der Waals surface area (Å²) in [6.07, 6.45) is 8.50. The van der Waals surface area contributed by atoms with Crippen LogP contribution in [0.1, 0.15) is 79.9 Å². The highest BCUT2D eigenvalue weighted by Gasteiger charge is 2.38. The summed E-state index contributed by atoms with van der Waals surface area (Å²) in [6.45, 7) is 7.66. The topological polar surface area (TPSA) is 171 Å². The number of benzene rings is 2. The summed E-state index contributed by atoms with van der Waals surface area (Å²) in [7, 11) is 2.06. The molecule has 4 rings (SSSR count). The van der Waals surface area contributed by atoms with Crippen molar-refractivity contribution in [2.24, 2.45) is 0 Å². The van der Waals surface area contributed by atoms with E-state index < -0.39 is 5.54 Å². The highest BCUT2D eigenvalue weighted by atomic mass is 16.6. The molecule has 1 fully saturated rings. The molecule has 13 nitrogen and oxygen atoms in total. The van der Waals surface area contributed by atoms with E-state index in [0.717, 1.165) is 55.8 Å². The quantitative estimate of drug-likeness (QED) is 0.0404. The zero-order valence-electron chi connectivity index (χ0n) is 31.2. The predicted molar refractivity (Wildman–Crippen MR) is 206 cm³/mol. The Morgan fingerprint density at radius 1 is 0.887 bits per heavy atom. The van der Waals surface area contributed by atoms with Crippen molar-refractivity contribution in [1.29, 1.82) is 10.8 Å². The fourth-order valence-corrected chi connectivity index (χ4v) is 5.95. The standard InChI is InChI=1S/C40H55N7O6/c1-4-52-36(48)29-51-26-25-50-23-7-5-6-8-24-53-35-14-10-11-32(28-35)30(2)44-38(49)33-12-9-13-34(27-33)46-40(17-21-47(3)22-18-40)39(42)45-37(41)31-15-19-43-20-16-31/h9-16,19-20,27-28,30,46H,4-8,17-18,21-26,29H2,1-3H3,(H,44,49)(H3,41,42,45).